The monoisotopic (exact) mass is 265 g/mol. The summed E-state index contributed by atoms with van der Waals surface area (Å²) in [6.45, 7) is 1.82. The van der Waals surface area contributed by atoms with E-state index >= 15 is 0 Å². The Morgan fingerprint density at radius 1 is 1.39 bits per heavy atom. The first-order chi connectivity index (χ1) is 8.49. The van der Waals surface area contributed by atoms with Crippen LogP contribution >= 0.6 is 11.6 Å². The molecule has 0 radical (unpaired) electrons. The van der Waals surface area contributed by atoms with Crippen molar-refractivity contribution in [3.8, 4) is 0 Å². The van der Waals surface area contributed by atoms with Gasteiger partial charge in [-0.1, -0.05) is 11.6 Å². The Hall–Kier alpha value is -1.81. The SMILES string of the molecule is CC(=O)c1cn(CCC(=O)O)c2ccc(Cl)cc12. The number of hydrogen-bond acceptors (Lipinski definition) is 2. The molecule has 0 saturated heterocycles. The van der Waals surface area contributed by atoms with Crippen molar-refractivity contribution in [3.63, 3.8) is 0 Å². The minimum Gasteiger partial charge on any atom is -0.481 e. The van der Waals surface area contributed by atoms with E-state index in [9.17, 15) is 9.59 Å². The third kappa shape index (κ3) is 2.38. The highest BCUT2D eigenvalue weighted by Gasteiger charge is 2.12. The zero-order valence-electron chi connectivity index (χ0n) is 9.81. The third-order valence-corrected chi connectivity index (χ3v) is 3.02. The molecule has 4 nitrogen and oxygen atoms in total. The number of carboxylic acids is 1. The van der Waals surface area contributed by atoms with Crippen molar-refractivity contribution in [2.75, 3.05) is 0 Å². The normalized spacial score (nSPS) is 10.8. The lowest BCUT2D eigenvalue weighted by Gasteiger charge is -2.02. The molecule has 0 saturated carbocycles. The molecule has 5 heteroatoms. The van der Waals surface area contributed by atoms with Crippen LogP contribution in [-0.4, -0.2) is 21.4 Å². The Morgan fingerprint density at radius 2 is 2.11 bits per heavy atom. The van der Waals surface area contributed by atoms with Gasteiger partial charge in [0.15, 0.2) is 5.78 Å². The summed E-state index contributed by atoms with van der Waals surface area (Å²) in [5.41, 5.74) is 1.39. The van der Waals surface area contributed by atoms with Crippen LogP contribution in [0.1, 0.15) is 23.7 Å². The molecule has 0 aliphatic carbocycles. The summed E-state index contributed by atoms with van der Waals surface area (Å²) in [4.78, 5) is 22.2. The molecule has 1 aromatic carbocycles. The van der Waals surface area contributed by atoms with Crippen LogP contribution < -0.4 is 0 Å². The van der Waals surface area contributed by atoms with Gasteiger partial charge in [-0.15, -0.1) is 0 Å². The van der Waals surface area contributed by atoms with Crippen molar-refractivity contribution in [1.29, 1.82) is 0 Å². The maximum absolute atomic E-state index is 11.5. The minimum atomic E-state index is -0.866. The summed E-state index contributed by atoms with van der Waals surface area (Å²) in [7, 11) is 0. The fraction of sp³-hybridized carbons (Fsp3) is 0.231. The molecule has 0 bridgehead atoms. The van der Waals surface area contributed by atoms with Crippen LogP contribution in [0.2, 0.25) is 5.02 Å². The van der Waals surface area contributed by atoms with E-state index in [-0.39, 0.29) is 12.2 Å². The Balaban J connectivity index is 2.54. The largest absolute Gasteiger partial charge is 0.481 e. The Labute approximate surface area is 109 Å². The molecular weight excluding hydrogens is 254 g/mol. The average Bonchev–Trinajstić information content (AvgIpc) is 2.64. The van der Waals surface area contributed by atoms with Crippen LogP contribution in [0.3, 0.4) is 0 Å². The molecule has 94 valence electrons. The molecule has 1 heterocycles. The number of benzene rings is 1. The highest BCUT2D eigenvalue weighted by Crippen LogP contribution is 2.25. The average molecular weight is 266 g/mol. The summed E-state index contributed by atoms with van der Waals surface area (Å²) in [5.74, 6) is -0.925. The number of carbonyl (C=O) groups excluding carboxylic acids is 1. The first-order valence-corrected chi connectivity index (χ1v) is 5.88. The fourth-order valence-electron chi connectivity index (χ4n) is 1.95. The van der Waals surface area contributed by atoms with Gasteiger partial charge in [0.05, 0.1) is 6.42 Å². The number of halogens is 1. The van der Waals surface area contributed by atoms with Crippen LogP contribution in [0.25, 0.3) is 10.9 Å². The first-order valence-electron chi connectivity index (χ1n) is 5.50. The topological polar surface area (TPSA) is 59.3 Å². The number of ketones is 1. The van der Waals surface area contributed by atoms with Gasteiger partial charge in [0.25, 0.3) is 0 Å². The summed E-state index contributed by atoms with van der Waals surface area (Å²) in [5, 5.41) is 10.0. The number of carboxylic acid groups (broad SMARTS) is 1. The number of aliphatic carboxylic acids is 1. The second kappa shape index (κ2) is 4.82. The van der Waals surface area contributed by atoms with Gasteiger partial charge < -0.3 is 9.67 Å². The van der Waals surface area contributed by atoms with Gasteiger partial charge in [-0.3, -0.25) is 9.59 Å². The van der Waals surface area contributed by atoms with Gasteiger partial charge in [0.1, 0.15) is 0 Å². The van der Waals surface area contributed by atoms with E-state index in [1.165, 1.54) is 6.92 Å². The predicted molar refractivity (Wildman–Crippen MR) is 69.2 cm³/mol. The summed E-state index contributed by atoms with van der Waals surface area (Å²) in [6.07, 6.45) is 1.70. The van der Waals surface area contributed by atoms with Crippen molar-refractivity contribution in [2.24, 2.45) is 0 Å². The molecule has 0 spiro atoms. The third-order valence-electron chi connectivity index (χ3n) is 2.79. The van der Waals surface area contributed by atoms with Crippen LogP contribution in [-0.2, 0) is 11.3 Å². The van der Waals surface area contributed by atoms with Gasteiger partial charge in [-0.2, -0.15) is 0 Å². The number of hydrogen-bond donors (Lipinski definition) is 1. The van der Waals surface area contributed by atoms with Gasteiger partial charge in [-0.25, -0.2) is 0 Å². The van der Waals surface area contributed by atoms with Crippen molar-refractivity contribution < 1.29 is 14.7 Å². The van der Waals surface area contributed by atoms with Crippen LogP contribution in [0.4, 0.5) is 0 Å². The molecule has 2 aromatic rings. The molecule has 1 aromatic heterocycles. The molecular formula is C13H12ClNO3. The number of fused-ring (bicyclic) bond motifs is 1. The molecule has 0 atom stereocenters. The number of carbonyl (C=O) groups is 2. The molecule has 0 amide bonds. The zero-order valence-corrected chi connectivity index (χ0v) is 10.6. The summed E-state index contributed by atoms with van der Waals surface area (Å²) < 4.78 is 1.77. The number of aromatic nitrogens is 1. The molecule has 2 rings (SSSR count). The molecule has 0 aliphatic heterocycles. The molecule has 0 fully saturated rings. The van der Waals surface area contributed by atoms with Crippen LogP contribution in [0.5, 0.6) is 0 Å². The number of rotatable bonds is 4. The van der Waals surface area contributed by atoms with Crippen molar-refractivity contribution >= 4 is 34.3 Å². The lowest BCUT2D eigenvalue weighted by atomic mass is 10.1. The smallest absolute Gasteiger partial charge is 0.305 e. The quantitative estimate of drug-likeness (QED) is 0.865. The second-order valence-electron chi connectivity index (χ2n) is 4.10. The Bertz CT molecular complexity index is 630. The zero-order chi connectivity index (χ0) is 13.3. The molecule has 0 unspecified atom stereocenters. The number of Topliss-reactive ketones (excluding diaryl/α,β-unsaturated/α-hetero) is 1. The second-order valence-corrected chi connectivity index (χ2v) is 4.53. The van der Waals surface area contributed by atoms with E-state index in [1.807, 2.05) is 0 Å². The molecule has 1 N–H and O–H groups in total. The van der Waals surface area contributed by atoms with E-state index in [2.05, 4.69) is 0 Å². The molecule has 18 heavy (non-hydrogen) atoms. The fourth-order valence-corrected chi connectivity index (χ4v) is 2.12. The van der Waals surface area contributed by atoms with E-state index < -0.39 is 5.97 Å². The summed E-state index contributed by atoms with van der Waals surface area (Å²) in [6, 6.07) is 5.25. The van der Waals surface area contributed by atoms with E-state index in [1.54, 1.807) is 29.0 Å². The Kier molecular flexibility index (Phi) is 3.39. The molecule has 0 aliphatic rings. The van der Waals surface area contributed by atoms with Crippen molar-refractivity contribution in [3.05, 3.63) is 35.0 Å². The van der Waals surface area contributed by atoms with Crippen LogP contribution in [0, 0.1) is 0 Å². The van der Waals surface area contributed by atoms with Crippen LogP contribution in [0.15, 0.2) is 24.4 Å². The van der Waals surface area contributed by atoms with Crippen molar-refractivity contribution in [2.45, 2.75) is 19.9 Å². The lowest BCUT2D eigenvalue weighted by Crippen LogP contribution is -2.03. The summed E-state index contributed by atoms with van der Waals surface area (Å²) >= 11 is 5.92. The standard InChI is InChI=1S/C13H12ClNO3/c1-8(16)11-7-15(5-4-13(17)18)12-3-2-9(14)6-10(11)12/h2-3,6-7H,4-5H2,1H3,(H,17,18). The van der Waals surface area contributed by atoms with Gasteiger partial charge >= 0.3 is 5.97 Å². The highest BCUT2D eigenvalue weighted by molar-refractivity contribution is 6.31. The number of nitrogens with zero attached hydrogens (tertiary/aromatic N) is 1. The lowest BCUT2D eigenvalue weighted by molar-refractivity contribution is -0.137. The maximum Gasteiger partial charge on any atom is 0.305 e. The van der Waals surface area contributed by atoms with E-state index in [0.717, 1.165) is 10.9 Å². The number of aryl methyl sites for hydroxylation is 1. The predicted octanol–water partition coefficient (Wildman–Crippen LogP) is 2.97. The Morgan fingerprint density at radius 3 is 2.72 bits per heavy atom. The first kappa shape index (κ1) is 12.6. The van der Waals surface area contributed by atoms with E-state index in [4.69, 9.17) is 16.7 Å². The minimum absolute atomic E-state index is 0.0176. The van der Waals surface area contributed by atoms with Crippen molar-refractivity contribution in [1.82, 2.24) is 4.57 Å². The van der Waals surface area contributed by atoms with Gasteiger partial charge in [0, 0.05) is 34.2 Å². The maximum atomic E-state index is 11.5. The van der Waals surface area contributed by atoms with Gasteiger partial charge in [-0.05, 0) is 25.1 Å². The van der Waals surface area contributed by atoms with E-state index in [0.29, 0.717) is 17.1 Å². The van der Waals surface area contributed by atoms with Gasteiger partial charge in [0.2, 0.25) is 0 Å². The highest BCUT2D eigenvalue weighted by atomic mass is 35.5.